The van der Waals surface area contributed by atoms with Gasteiger partial charge in [-0.2, -0.15) is 0 Å². The van der Waals surface area contributed by atoms with E-state index in [0.717, 1.165) is 59.1 Å². The zero-order valence-corrected chi connectivity index (χ0v) is 26.5. The third kappa shape index (κ3) is 6.53. The monoisotopic (exact) mass is 605 g/mol. The molecule has 0 saturated heterocycles. The molecule has 1 fully saturated rings. The number of hydrogen-bond acceptors (Lipinski definition) is 3. The Bertz CT molecular complexity index is 1760. The second-order valence-corrected chi connectivity index (χ2v) is 13.5. The number of anilines is 1. The summed E-state index contributed by atoms with van der Waals surface area (Å²) >= 11 is 6.43. The van der Waals surface area contributed by atoms with Crippen LogP contribution < -0.4 is 4.90 Å². The summed E-state index contributed by atoms with van der Waals surface area (Å²) in [5.74, 6) is -0.0222. The fourth-order valence-electron chi connectivity index (χ4n) is 6.37. The zero-order chi connectivity index (χ0) is 30.8. The van der Waals surface area contributed by atoms with Crippen molar-refractivity contribution in [3.63, 3.8) is 0 Å². The first-order chi connectivity index (χ1) is 21.2. The number of imidazole rings is 1. The lowest BCUT2D eigenvalue weighted by atomic mass is 9.87. The standard InChI is InChI=1S/C38H40ClN3O2/c1-38(2,3)30-19-14-27(15-20-30)25-41(33-11-7-8-31(39)23-33)24-26-12-16-28(17-13-26)36-40-34-22-29(37(43)44)18-21-35(34)42(36)32-9-5-4-6-10-32/h7-8,11-23,32H,4-6,9-10,24-25H2,1-3H3,(H,43,44). The van der Waals surface area contributed by atoms with Gasteiger partial charge in [0.1, 0.15) is 5.82 Å². The second kappa shape index (κ2) is 12.5. The van der Waals surface area contributed by atoms with E-state index in [-0.39, 0.29) is 11.0 Å². The van der Waals surface area contributed by atoms with Crippen LogP contribution in [0.3, 0.4) is 0 Å². The maximum absolute atomic E-state index is 11.7. The molecule has 0 amide bonds. The molecule has 1 heterocycles. The average molecular weight is 606 g/mol. The fourth-order valence-corrected chi connectivity index (χ4v) is 6.55. The number of rotatable bonds is 8. The Morgan fingerprint density at radius 1 is 0.886 bits per heavy atom. The zero-order valence-electron chi connectivity index (χ0n) is 25.8. The van der Waals surface area contributed by atoms with Crippen LogP contribution in [0, 0.1) is 0 Å². The Balaban J connectivity index is 1.31. The normalized spacial score (nSPS) is 14.2. The number of fused-ring (bicyclic) bond motifs is 1. The molecule has 0 radical (unpaired) electrons. The van der Waals surface area contributed by atoms with Crippen LogP contribution in [0.1, 0.15) is 86.0 Å². The third-order valence-corrected chi connectivity index (χ3v) is 9.06. The quantitative estimate of drug-likeness (QED) is 0.191. The summed E-state index contributed by atoms with van der Waals surface area (Å²) in [5, 5.41) is 10.3. The van der Waals surface area contributed by atoms with Gasteiger partial charge in [-0.15, -0.1) is 0 Å². The topological polar surface area (TPSA) is 58.4 Å². The molecule has 44 heavy (non-hydrogen) atoms. The summed E-state index contributed by atoms with van der Waals surface area (Å²) in [6.45, 7) is 8.20. The average Bonchev–Trinajstić information content (AvgIpc) is 3.40. The van der Waals surface area contributed by atoms with Gasteiger partial charge in [0.05, 0.1) is 16.6 Å². The Morgan fingerprint density at radius 2 is 1.55 bits per heavy atom. The summed E-state index contributed by atoms with van der Waals surface area (Å²) < 4.78 is 2.36. The summed E-state index contributed by atoms with van der Waals surface area (Å²) in [6.07, 6.45) is 5.90. The largest absolute Gasteiger partial charge is 0.478 e. The fraction of sp³-hybridized carbons (Fsp3) is 0.316. The van der Waals surface area contributed by atoms with Crippen LogP contribution in [0.2, 0.25) is 5.02 Å². The van der Waals surface area contributed by atoms with E-state index in [1.165, 1.54) is 36.0 Å². The summed E-state index contributed by atoms with van der Waals surface area (Å²) in [5.41, 5.74) is 8.00. The van der Waals surface area contributed by atoms with Gasteiger partial charge in [0.25, 0.3) is 0 Å². The van der Waals surface area contributed by atoms with Gasteiger partial charge in [-0.05, 0) is 71.3 Å². The number of hydrogen-bond donors (Lipinski definition) is 1. The molecule has 5 nitrogen and oxygen atoms in total. The molecule has 4 aromatic carbocycles. The second-order valence-electron chi connectivity index (χ2n) is 13.1. The van der Waals surface area contributed by atoms with Gasteiger partial charge in [-0.25, -0.2) is 9.78 Å². The molecule has 1 N–H and O–H groups in total. The van der Waals surface area contributed by atoms with Crippen molar-refractivity contribution >= 4 is 34.3 Å². The van der Waals surface area contributed by atoms with Crippen LogP contribution in [0.5, 0.6) is 0 Å². The lowest BCUT2D eigenvalue weighted by molar-refractivity contribution is 0.0697. The molecule has 0 bridgehead atoms. The molecule has 226 valence electrons. The molecule has 0 aliphatic heterocycles. The SMILES string of the molecule is CC(C)(C)c1ccc(CN(Cc2ccc(-c3nc4cc(C(=O)O)ccc4n3C3CCCCC3)cc2)c2cccc(Cl)c2)cc1. The highest BCUT2D eigenvalue weighted by molar-refractivity contribution is 6.30. The number of aromatic nitrogens is 2. The third-order valence-electron chi connectivity index (χ3n) is 8.83. The van der Waals surface area contributed by atoms with Crippen molar-refractivity contribution in [2.24, 2.45) is 0 Å². The minimum Gasteiger partial charge on any atom is -0.478 e. The van der Waals surface area contributed by atoms with E-state index in [1.54, 1.807) is 12.1 Å². The van der Waals surface area contributed by atoms with Crippen LogP contribution in [0.15, 0.2) is 91.0 Å². The highest BCUT2D eigenvalue weighted by Gasteiger charge is 2.23. The predicted octanol–water partition coefficient (Wildman–Crippen LogP) is 10.1. The minimum atomic E-state index is -0.931. The van der Waals surface area contributed by atoms with Crippen LogP contribution in [0.25, 0.3) is 22.4 Å². The molecular weight excluding hydrogens is 566 g/mol. The van der Waals surface area contributed by atoms with Crippen molar-refractivity contribution in [1.29, 1.82) is 0 Å². The van der Waals surface area contributed by atoms with Crippen LogP contribution in [0.4, 0.5) is 5.69 Å². The Labute approximate surface area is 265 Å². The highest BCUT2D eigenvalue weighted by Crippen LogP contribution is 2.36. The van der Waals surface area contributed by atoms with Gasteiger partial charge in [0.2, 0.25) is 0 Å². The van der Waals surface area contributed by atoms with Crippen LogP contribution >= 0.6 is 11.6 Å². The summed E-state index contributed by atoms with van der Waals surface area (Å²) in [7, 11) is 0. The highest BCUT2D eigenvalue weighted by atomic mass is 35.5. The Morgan fingerprint density at radius 3 is 2.16 bits per heavy atom. The molecule has 1 aromatic heterocycles. The van der Waals surface area contributed by atoms with E-state index >= 15 is 0 Å². The van der Waals surface area contributed by atoms with Crippen molar-refractivity contribution < 1.29 is 9.90 Å². The molecule has 1 aliphatic rings. The number of carboxylic acids is 1. The molecule has 6 heteroatoms. The first-order valence-corrected chi connectivity index (χ1v) is 16.0. The number of nitrogens with zero attached hydrogens (tertiary/aromatic N) is 3. The van der Waals surface area contributed by atoms with E-state index in [9.17, 15) is 9.90 Å². The van der Waals surface area contributed by atoms with Gasteiger partial charge in [0, 0.05) is 35.4 Å². The van der Waals surface area contributed by atoms with E-state index in [0.29, 0.717) is 6.04 Å². The summed E-state index contributed by atoms with van der Waals surface area (Å²) in [4.78, 5) is 19.0. The number of carbonyl (C=O) groups is 1. The number of aromatic carboxylic acids is 1. The first kappa shape index (κ1) is 30.0. The van der Waals surface area contributed by atoms with Gasteiger partial charge in [-0.3, -0.25) is 0 Å². The molecular formula is C38H40ClN3O2. The minimum absolute atomic E-state index is 0.114. The number of halogens is 1. The molecule has 0 spiro atoms. The van der Waals surface area contributed by atoms with E-state index < -0.39 is 5.97 Å². The van der Waals surface area contributed by atoms with E-state index in [2.05, 4.69) is 84.8 Å². The van der Waals surface area contributed by atoms with Crippen molar-refractivity contribution in [3.8, 4) is 11.4 Å². The smallest absolute Gasteiger partial charge is 0.335 e. The maximum atomic E-state index is 11.7. The number of carboxylic acid groups (broad SMARTS) is 1. The Kier molecular flexibility index (Phi) is 8.50. The Hall–Kier alpha value is -4.09. The van der Waals surface area contributed by atoms with Crippen molar-refractivity contribution in [1.82, 2.24) is 9.55 Å². The van der Waals surface area contributed by atoms with Gasteiger partial charge < -0.3 is 14.6 Å². The van der Waals surface area contributed by atoms with Crippen molar-refractivity contribution in [2.75, 3.05) is 4.90 Å². The lowest BCUT2D eigenvalue weighted by Crippen LogP contribution is -2.22. The molecule has 6 rings (SSSR count). The van der Waals surface area contributed by atoms with Crippen LogP contribution in [-0.2, 0) is 18.5 Å². The molecule has 1 aliphatic carbocycles. The first-order valence-electron chi connectivity index (χ1n) is 15.6. The van der Waals surface area contributed by atoms with Gasteiger partial charge in [0.15, 0.2) is 0 Å². The van der Waals surface area contributed by atoms with E-state index in [1.807, 2.05) is 24.3 Å². The summed E-state index contributed by atoms with van der Waals surface area (Å²) in [6, 6.07) is 31.3. The van der Waals surface area contributed by atoms with Gasteiger partial charge in [-0.1, -0.05) is 106 Å². The van der Waals surface area contributed by atoms with Crippen molar-refractivity contribution in [3.05, 3.63) is 118 Å². The lowest BCUT2D eigenvalue weighted by Gasteiger charge is -2.27. The molecule has 1 saturated carbocycles. The number of benzene rings is 4. The predicted molar refractivity (Wildman–Crippen MR) is 181 cm³/mol. The van der Waals surface area contributed by atoms with Crippen LogP contribution in [-0.4, -0.2) is 20.6 Å². The molecule has 0 unspecified atom stereocenters. The molecule has 5 aromatic rings. The van der Waals surface area contributed by atoms with E-state index in [4.69, 9.17) is 16.6 Å². The molecule has 0 atom stereocenters. The maximum Gasteiger partial charge on any atom is 0.335 e. The van der Waals surface area contributed by atoms with Crippen molar-refractivity contribution in [2.45, 2.75) is 77.4 Å². The van der Waals surface area contributed by atoms with Gasteiger partial charge >= 0.3 is 5.97 Å².